The summed E-state index contributed by atoms with van der Waals surface area (Å²) >= 11 is 0. The monoisotopic (exact) mass is 276 g/mol. The van der Waals surface area contributed by atoms with E-state index in [0.717, 1.165) is 17.7 Å². The fourth-order valence-electron chi connectivity index (χ4n) is 2.48. The number of para-hydroxylation sites is 1. The fourth-order valence-corrected chi connectivity index (χ4v) is 2.48. The maximum absolute atomic E-state index is 4.49. The van der Waals surface area contributed by atoms with Crippen molar-refractivity contribution in [1.82, 2.24) is 4.98 Å². The topological polar surface area (TPSA) is 24.9 Å². The Morgan fingerprint density at radius 1 is 0.952 bits per heavy atom. The average molecular weight is 276 g/mol. The van der Waals surface area contributed by atoms with Crippen LogP contribution >= 0.6 is 0 Å². The summed E-state index contributed by atoms with van der Waals surface area (Å²) < 4.78 is 0. The van der Waals surface area contributed by atoms with E-state index in [0.29, 0.717) is 0 Å². The summed E-state index contributed by atoms with van der Waals surface area (Å²) in [5.74, 6) is 0. The molecule has 0 fully saturated rings. The minimum Gasteiger partial charge on any atom is -0.383 e. The lowest BCUT2D eigenvalue weighted by Gasteiger charge is -2.26. The summed E-state index contributed by atoms with van der Waals surface area (Å²) in [6, 6.07) is 20.9. The van der Waals surface area contributed by atoms with Gasteiger partial charge in [-0.2, -0.15) is 0 Å². The maximum Gasteiger partial charge on any atom is 0.0703 e. The second kappa shape index (κ2) is 5.57. The molecule has 0 bridgehead atoms. The summed E-state index contributed by atoms with van der Waals surface area (Å²) in [5.41, 5.74) is 3.52. The van der Waals surface area contributed by atoms with Crippen molar-refractivity contribution in [2.24, 2.45) is 0 Å². The quantitative estimate of drug-likeness (QED) is 0.752. The van der Waals surface area contributed by atoms with Gasteiger partial charge in [-0.15, -0.1) is 0 Å². The molecule has 2 nitrogen and oxygen atoms in total. The Bertz CT molecular complexity index is 733. The average Bonchev–Trinajstić information content (AvgIpc) is 2.54. The molecule has 0 aliphatic rings. The number of rotatable bonds is 4. The van der Waals surface area contributed by atoms with Crippen LogP contribution in [0.25, 0.3) is 10.9 Å². The van der Waals surface area contributed by atoms with E-state index in [9.17, 15) is 0 Å². The van der Waals surface area contributed by atoms with E-state index in [1.165, 1.54) is 10.9 Å². The standard InChI is InChI=1S/C19H20N2/c1-19(2,16-9-4-3-5-10-16)14-21-17-12-15-8-6-7-11-18(15)20-13-17/h3-13,21H,14H2,1-2H3. The lowest BCUT2D eigenvalue weighted by Crippen LogP contribution is -2.27. The predicted octanol–water partition coefficient (Wildman–Crippen LogP) is 4.62. The second-order valence-corrected chi connectivity index (χ2v) is 6.02. The van der Waals surface area contributed by atoms with Crippen molar-refractivity contribution in [3.05, 3.63) is 72.4 Å². The predicted molar refractivity (Wildman–Crippen MR) is 89.7 cm³/mol. The highest BCUT2D eigenvalue weighted by Gasteiger charge is 2.19. The lowest BCUT2D eigenvalue weighted by molar-refractivity contribution is 0.557. The number of hydrogen-bond acceptors (Lipinski definition) is 2. The van der Waals surface area contributed by atoms with Crippen molar-refractivity contribution in [2.75, 3.05) is 11.9 Å². The normalized spacial score (nSPS) is 11.5. The molecule has 0 aliphatic heterocycles. The summed E-state index contributed by atoms with van der Waals surface area (Å²) in [6.07, 6.45) is 1.91. The lowest BCUT2D eigenvalue weighted by atomic mass is 9.84. The van der Waals surface area contributed by atoms with Gasteiger partial charge in [0.2, 0.25) is 0 Å². The molecular formula is C19H20N2. The number of fused-ring (bicyclic) bond motifs is 1. The van der Waals surface area contributed by atoms with Crippen LogP contribution in [0, 0.1) is 0 Å². The van der Waals surface area contributed by atoms with E-state index in [1.54, 1.807) is 0 Å². The summed E-state index contributed by atoms with van der Waals surface area (Å²) in [5, 5.41) is 4.68. The van der Waals surface area contributed by atoms with Crippen LogP contribution in [0.3, 0.4) is 0 Å². The van der Waals surface area contributed by atoms with Crippen molar-refractivity contribution >= 4 is 16.6 Å². The highest BCUT2D eigenvalue weighted by molar-refractivity contribution is 5.81. The Morgan fingerprint density at radius 3 is 2.48 bits per heavy atom. The van der Waals surface area contributed by atoms with Gasteiger partial charge in [-0.25, -0.2) is 0 Å². The second-order valence-electron chi connectivity index (χ2n) is 6.02. The Labute approximate surface area is 125 Å². The molecule has 21 heavy (non-hydrogen) atoms. The first-order valence-electron chi connectivity index (χ1n) is 7.29. The van der Waals surface area contributed by atoms with Crippen LogP contribution in [-0.2, 0) is 5.41 Å². The summed E-state index contributed by atoms with van der Waals surface area (Å²) in [6.45, 7) is 5.38. The van der Waals surface area contributed by atoms with Gasteiger partial charge in [0.25, 0.3) is 0 Å². The molecule has 1 heterocycles. The van der Waals surface area contributed by atoms with Gasteiger partial charge >= 0.3 is 0 Å². The van der Waals surface area contributed by atoms with Gasteiger partial charge in [0.1, 0.15) is 0 Å². The number of pyridine rings is 1. The van der Waals surface area contributed by atoms with Crippen LogP contribution in [-0.4, -0.2) is 11.5 Å². The SMILES string of the molecule is CC(C)(CNc1cnc2ccccc2c1)c1ccccc1. The zero-order valence-electron chi connectivity index (χ0n) is 12.5. The Kier molecular flexibility index (Phi) is 3.61. The summed E-state index contributed by atoms with van der Waals surface area (Å²) in [7, 11) is 0. The highest BCUT2D eigenvalue weighted by atomic mass is 14.9. The van der Waals surface area contributed by atoms with E-state index in [1.807, 2.05) is 24.4 Å². The molecule has 0 radical (unpaired) electrons. The molecule has 3 rings (SSSR count). The van der Waals surface area contributed by atoms with Crippen molar-refractivity contribution in [2.45, 2.75) is 19.3 Å². The third-order valence-corrected chi connectivity index (χ3v) is 3.88. The number of nitrogens with zero attached hydrogens (tertiary/aromatic N) is 1. The van der Waals surface area contributed by atoms with Crippen molar-refractivity contribution < 1.29 is 0 Å². The Hall–Kier alpha value is -2.35. The largest absolute Gasteiger partial charge is 0.383 e. The van der Waals surface area contributed by atoms with Crippen LogP contribution in [0.15, 0.2) is 66.9 Å². The molecule has 0 aliphatic carbocycles. The first-order valence-corrected chi connectivity index (χ1v) is 7.29. The van der Waals surface area contributed by atoms with E-state index in [-0.39, 0.29) is 5.41 Å². The van der Waals surface area contributed by atoms with Gasteiger partial charge in [-0.05, 0) is 17.7 Å². The van der Waals surface area contributed by atoms with Crippen LogP contribution in [0.5, 0.6) is 0 Å². The molecule has 0 saturated heterocycles. The van der Waals surface area contributed by atoms with Gasteiger partial charge in [0.15, 0.2) is 0 Å². The van der Waals surface area contributed by atoms with Gasteiger partial charge < -0.3 is 5.32 Å². The van der Waals surface area contributed by atoms with E-state index in [4.69, 9.17) is 0 Å². The van der Waals surface area contributed by atoms with E-state index in [2.05, 4.69) is 66.6 Å². The minimum atomic E-state index is 0.0763. The third kappa shape index (κ3) is 3.05. The number of anilines is 1. The first kappa shape index (κ1) is 13.6. The Morgan fingerprint density at radius 2 is 1.67 bits per heavy atom. The molecule has 1 N–H and O–H groups in total. The zero-order valence-corrected chi connectivity index (χ0v) is 12.5. The molecule has 2 aromatic carbocycles. The molecule has 3 aromatic rings. The molecule has 106 valence electrons. The van der Waals surface area contributed by atoms with E-state index < -0.39 is 0 Å². The number of aromatic nitrogens is 1. The van der Waals surface area contributed by atoms with Crippen molar-refractivity contribution in [3.8, 4) is 0 Å². The van der Waals surface area contributed by atoms with Crippen molar-refractivity contribution in [3.63, 3.8) is 0 Å². The van der Waals surface area contributed by atoms with Gasteiger partial charge in [0.05, 0.1) is 17.4 Å². The van der Waals surface area contributed by atoms with Gasteiger partial charge in [-0.1, -0.05) is 62.4 Å². The maximum atomic E-state index is 4.49. The number of benzene rings is 2. The molecule has 1 aromatic heterocycles. The molecule has 0 atom stereocenters. The Balaban J connectivity index is 1.77. The number of nitrogens with one attached hydrogen (secondary N) is 1. The van der Waals surface area contributed by atoms with Gasteiger partial charge in [-0.3, -0.25) is 4.98 Å². The molecule has 0 saturated carbocycles. The van der Waals surface area contributed by atoms with Crippen LogP contribution < -0.4 is 5.32 Å². The smallest absolute Gasteiger partial charge is 0.0703 e. The van der Waals surface area contributed by atoms with Crippen LogP contribution in [0.1, 0.15) is 19.4 Å². The fraction of sp³-hybridized carbons (Fsp3) is 0.211. The van der Waals surface area contributed by atoms with Gasteiger partial charge in [0, 0.05) is 17.3 Å². The molecule has 2 heteroatoms. The third-order valence-electron chi connectivity index (χ3n) is 3.88. The number of hydrogen-bond donors (Lipinski definition) is 1. The van der Waals surface area contributed by atoms with E-state index >= 15 is 0 Å². The molecule has 0 amide bonds. The van der Waals surface area contributed by atoms with Crippen LogP contribution in [0.2, 0.25) is 0 Å². The molecular weight excluding hydrogens is 256 g/mol. The van der Waals surface area contributed by atoms with Crippen LogP contribution in [0.4, 0.5) is 5.69 Å². The van der Waals surface area contributed by atoms with Crippen molar-refractivity contribution in [1.29, 1.82) is 0 Å². The first-order chi connectivity index (χ1) is 10.1. The highest BCUT2D eigenvalue weighted by Crippen LogP contribution is 2.24. The zero-order chi connectivity index (χ0) is 14.7. The minimum absolute atomic E-state index is 0.0763. The molecule has 0 unspecified atom stereocenters. The summed E-state index contributed by atoms with van der Waals surface area (Å²) in [4.78, 5) is 4.49. The molecule has 0 spiro atoms.